The minimum atomic E-state index is -1.22. The molecule has 0 aromatic carbocycles. The number of ether oxygens (including phenoxy) is 1. The fourth-order valence-electron chi connectivity index (χ4n) is 2.92. The van der Waals surface area contributed by atoms with Crippen molar-refractivity contribution >= 4 is 28.7 Å². The third-order valence-electron chi connectivity index (χ3n) is 4.38. The summed E-state index contributed by atoms with van der Waals surface area (Å²) in [5, 5.41) is 42.1. The number of hydrogen-bond donors (Lipinski definition) is 5. The molecule has 1 aliphatic heterocycles. The van der Waals surface area contributed by atoms with Gasteiger partial charge in [-0.1, -0.05) is 0 Å². The topological polar surface area (TPSA) is 146 Å². The van der Waals surface area contributed by atoms with Crippen LogP contribution in [-0.4, -0.2) is 89.5 Å². The second-order valence-electron chi connectivity index (χ2n) is 6.08. The van der Waals surface area contributed by atoms with Crippen molar-refractivity contribution in [3.8, 4) is 0 Å². The summed E-state index contributed by atoms with van der Waals surface area (Å²) in [5.41, 5.74) is 0.881. The number of nitrogens with zero attached hydrogens (tertiary/aromatic N) is 4. The monoisotopic (exact) mass is 385 g/mol. The van der Waals surface area contributed by atoms with Crippen LogP contribution in [0.2, 0.25) is 0 Å². The Kier molecular flexibility index (Phi) is 6.27. The predicted octanol–water partition coefficient (Wildman–Crippen LogP) is -1.04. The zero-order valence-corrected chi connectivity index (χ0v) is 15.1. The lowest BCUT2D eigenvalue weighted by Gasteiger charge is -2.18. The zero-order chi connectivity index (χ0) is 18.7. The molecular weight excluding hydrogens is 362 g/mol. The molecule has 0 bridgehead atoms. The van der Waals surface area contributed by atoms with Crippen molar-refractivity contribution < 1.29 is 25.2 Å². The van der Waals surface area contributed by atoms with Gasteiger partial charge in [0, 0.05) is 0 Å². The van der Waals surface area contributed by atoms with Gasteiger partial charge in [-0.25, -0.2) is 15.0 Å². The molecule has 0 saturated carbocycles. The van der Waals surface area contributed by atoms with Gasteiger partial charge in [-0.2, -0.15) is 11.8 Å². The average molecular weight is 385 g/mol. The minimum absolute atomic E-state index is 0.0401. The summed E-state index contributed by atoms with van der Waals surface area (Å²) < 4.78 is 7.03. The first kappa shape index (κ1) is 19.3. The zero-order valence-electron chi connectivity index (χ0n) is 14.3. The first-order chi connectivity index (χ1) is 12.6. The minimum Gasteiger partial charge on any atom is -0.394 e. The van der Waals surface area contributed by atoms with Gasteiger partial charge in [0.1, 0.15) is 24.6 Å². The molecule has 3 rings (SSSR count). The van der Waals surface area contributed by atoms with Gasteiger partial charge in [0.2, 0.25) is 0 Å². The molecule has 4 unspecified atom stereocenters. The number of fused-ring (bicyclic) bond motifs is 1. The van der Waals surface area contributed by atoms with Crippen molar-refractivity contribution in [1.29, 1.82) is 0 Å². The first-order valence-electron chi connectivity index (χ1n) is 8.27. The van der Waals surface area contributed by atoms with E-state index in [1.165, 1.54) is 17.2 Å². The van der Waals surface area contributed by atoms with Crippen LogP contribution in [0.4, 0.5) is 5.82 Å². The molecule has 26 heavy (non-hydrogen) atoms. The van der Waals surface area contributed by atoms with Gasteiger partial charge in [-0.3, -0.25) is 4.57 Å². The van der Waals surface area contributed by atoms with Crippen LogP contribution in [0.1, 0.15) is 12.6 Å². The summed E-state index contributed by atoms with van der Waals surface area (Å²) in [4.78, 5) is 12.7. The maximum atomic E-state index is 10.2. The molecule has 10 nitrogen and oxygen atoms in total. The Morgan fingerprint density at radius 3 is 2.73 bits per heavy atom. The summed E-state index contributed by atoms with van der Waals surface area (Å²) in [6, 6.07) is -0.167. The third-order valence-corrected chi connectivity index (χ3v) is 5.03. The second-order valence-corrected chi connectivity index (χ2v) is 7.07. The molecule has 0 radical (unpaired) electrons. The highest BCUT2D eigenvalue weighted by molar-refractivity contribution is 7.98. The normalized spacial score (nSPS) is 27.1. The van der Waals surface area contributed by atoms with Crippen molar-refractivity contribution in [1.82, 2.24) is 19.5 Å². The van der Waals surface area contributed by atoms with E-state index in [9.17, 15) is 20.4 Å². The highest BCUT2D eigenvalue weighted by atomic mass is 32.2. The molecule has 2 aromatic heterocycles. The van der Waals surface area contributed by atoms with Crippen LogP contribution < -0.4 is 5.32 Å². The number of thioether (sulfide) groups is 1. The van der Waals surface area contributed by atoms with Crippen molar-refractivity contribution in [2.45, 2.75) is 37.0 Å². The molecule has 5 N–H and O–H groups in total. The quantitative estimate of drug-likeness (QED) is 0.382. The van der Waals surface area contributed by atoms with Crippen molar-refractivity contribution in [2.75, 3.05) is 30.5 Å². The lowest BCUT2D eigenvalue weighted by atomic mass is 10.1. The van der Waals surface area contributed by atoms with Crippen LogP contribution in [0, 0.1) is 0 Å². The highest BCUT2D eigenvalue weighted by Gasteiger charge is 2.44. The molecule has 0 aliphatic carbocycles. The number of hydrogen-bond acceptors (Lipinski definition) is 10. The molecule has 0 spiro atoms. The Balaban J connectivity index is 1.87. The SMILES string of the molecule is CSCC[C@@H](CO)Nc1ncnc2c1ncn2C1OC(CO)C(O)C1O. The lowest BCUT2D eigenvalue weighted by Crippen LogP contribution is -2.33. The van der Waals surface area contributed by atoms with Gasteiger partial charge >= 0.3 is 0 Å². The molecule has 0 amide bonds. The fourth-order valence-corrected chi connectivity index (χ4v) is 3.44. The van der Waals surface area contributed by atoms with Gasteiger partial charge in [-0.15, -0.1) is 0 Å². The Labute approximate surface area is 154 Å². The Morgan fingerprint density at radius 1 is 1.27 bits per heavy atom. The lowest BCUT2D eigenvalue weighted by molar-refractivity contribution is -0.0511. The highest BCUT2D eigenvalue weighted by Crippen LogP contribution is 2.32. The number of rotatable bonds is 8. The van der Waals surface area contributed by atoms with Gasteiger partial charge in [0.15, 0.2) is 23.2 Å². The van der Waals surface area contributed by atoms with Gasteiger partial charge in [-0.05, 0) is 18.4 Å². The molecule has 144 valence electrons. The van der Waals surface area contributed by atoms with Crippen molar-refractivity contribution in [3.05, 3.63) is 12.7 Å². The Morgan fingerprint density at radius 2 is 2.08 bits per heavy atom. The van der Waals surface area contributed by atoms with Gasteiger partial charge in [0.05, 0.1) is 25.6 Å². The van der Waals surface area contributed by atoms with Crippen molar-refractivity contribution in [2.24, 2.45) is 0 Å². The molecule has 11 heteroatoms. The maximum Gasteiger partial charge on any atom is 0.167 e. The summed E-state index contributed by atoms with van der Waals surface area (Å²) in [6.07, 6.45) is 1.35. The maximum absolute atomic E-state index is 10.2. The average Bonchev–Trinajstić information content (AvgIpc) is 3.21. The summed E-state index contributed by atoms with van der Waals surface area (Å²) in [7, 11) is 0. The standard InChI is InChI=1S/C15H23N5O5S/c1-26-3-2-8(4-21)19-13-10-14(17-6-16-13)20(7-18-10)15-12(24)11(23)9(5-22)25-15/h6-9,11-12,15,21-24H,2-5H2,1H3,(H,16,17,19)/t8-,9?,11?,12?,15?/m0/s1. The fraction of sp³-hybridized carbons (Fsp3) is 0.667. The number of nitrogens with one attached hydrogen (secondary N) is 1. The molecular formula is C15H23N5O5S. The van der Waals surface area contributed by atoms with Gasteiger partial charge < -0.3 is 30.5 Å². The van der Waals surface area contributed by atoms with E-state index in [0.29, 0.717) is 17.0 Å². The summed E-state index contributed by atoms with van der Waals surface area (Å²) in [5.74, 6) is 1.37. The molecule has 2 aromatic rings. The Hall–Kier alpha value is -1.50. The van der Waals surface area contributed by atoms with Crippen LogP contribution in [0.5, 0.6) is 0 Å². The molecule has 1 saturated heterocycles. The predicted molar refractivity (Wildman–Crippen MR) is 95.8 cm³/mol. The van der Waals surface area contributed by atoms with E-state index in [1.807, 2.05) is 6.26 Å². The van der Waals surface area contributed by atoms with Crippen LogP contribution in [0.15, 0.2) is 12.7 Å². The van der Waals surface area contributed by atoms with E-state index in [1.54, 1.807) is 11.8 Å². The smallest absolute Gasteiger partial charge is 0.167 e. The first-order valence-corrected chi connectivity index (χ1v) is 9.66. The number of aliphatic hydroxyl groups is 4. The van der Waals surface area contributed by atoms with Gasteiger partial charge in [0.25, 0.3) is 0 Å². The van der Waals surface area contributed by atoms with E-state index >= 15 is 0 Å². The van der Waals surface area contributed by atoms with E-state index in [0.717, 1.165) is 12.2 Å². The molecule has 3 heterocycles. The summed E-state index contributed by atoms with van der Waals surface area (Å²) >= 11 is 1.69. The molecule has 1 aliphatic rings. The van der Waals surface area contributed by atoms with E-state index in [4.69, 9.17) is 4.74 Å². The number of anilines is 1. The van der Waals surface area contributed by atoms with Crippen molar-refractivity contribution in [3.63, 3.8) is 0 Å². The van der Waals surface area contributed by atoms with E-state index in [-0.39, 0.29) is 12.6 Å². The third kappa shape index (κ3) is 3.63. The number of aromatic nitrogens is 4. The molecule has 5 atom stereocenters. The summed E-state index contributed by atoms with van der Waals surface area (Å²) in [6.45, 7) is -0.446. The van der Waals surface area contributed by atoms with Crippen LogP contribution in [-0.2, 0) is 4.74 Å². The van der Waals surface area contributed by atoms with Crippen LogP contribution in [0.3, 0.4) is 0 Å². The Bertz CT molecular complexity index is 732. The molecule has 1 fully saturated rings. The van der Waals surface area contributed by atoms with E-state index in [2.05, 4.69) is 20.3 Å². The number of aliphatic hydroxyl groups excluding tert-OH is 4. The van der Waals surface area contributed by atoms with Crippen LogP contribution in [0.25, 0.3) is 11.2 Å². The van der Waals surface area contributed by atoms with Crippen LogP contribution >= 0.6 is 11.8 Å². The largest absolute Gasteiger partial charge is 0.394 e. The second kappa shape index (κ2) is 8.46. The number of imidazole rings is 1. The van der Waals surface area contributed by atoms with E-state index < -0.39 is 31.1 Å².